The molecule has 2 aliphatic heterocycles. The second kappa shape index (κ2) is 4.94. The first-order valence-corrected chi connectivity index (χ1v) is 8.47. The fourth-order valence-electron chi connectivity index (χ4n) is 3.07. The summed E-state index contributed by atoms with van der Waals surface area (Å²) < 4.78 is 29.3. The number of carbonyl (C=O) groups is 1. The molecule has 0 radical (unpaired) electrons. The maximum Gasteiger partial charge on any atom is 0.316 e. The highest BCUT2D eigenvalue weighted by Gasteiger charge is 2.62. The Bertz CT molecular complexity index is 641. The zero-order valence-corrected chi connectivity index (χ0v) is 12.5. The van der Waals surface area contributed by atoms with E-state index in [9.17, 15) is 13.2 Å². The van der Waals surface area contributed by atoms with Gasteiger partial charge in [0.1, 0.15) is 4.75 Å². The van der Waals surface area contributed by atoms with Gasteiger partial charge in [-0.2, -0.15) is 0 Å². The van der Waals surface area contributed by atoms with Crippen LogP contribution in [0.25, 0.3) is 0 Å². The Hall–Kier alpha value is -1.70. The molecule has 3 rings (SSSR count). The van der Waals surface area contributed by atoms with Crippen molar-refractivity contribution in [3.05, 3.63) is 18.5 Å². The third kappa shape index (κ3) is 2.27. The number of aromatic nitrogens is 2. The van der Waals surface area contributed by atoms with E-state index < -0.39 is 14.6 Å². The number of rotatable bonds is 3. The van der Waals surface area contributed by atoms with Crippen molar-refractivity contribution in [3.63, 3.8) is 0 Å². The van der Waals surface area contributed by atoms with Gasteiger partial charge in [0.05, 0.1) is 12.4 Å². The Balaban J connectivity index is 1.72. The number of hydrogen-bond donors (Lipinski definition) is 0. The molecule has 2 fully saturated rings. The van der Waals surface area contributed by atoms with E-state index in [0.29, 0.717) is 6.42 Å². The average molecular weight is 311 g/mol. The van der Waals surface area contributed by atoms with Gasteiger partial charge >= 0.3 is 6.01 Å². The molecule has 1 aromatic heterocycles. The predicted octanol–water partition coefficient (Wildman–Crippen LogP) is -0.109. The second-order valence-electron chi connectivity index (χ2n) is 5.59. The van der Waals surface area contributed by atoms with E-state index >= 15 is 0 Å². The summed E-state index contributed by atoms with van der Waals surface area (Å²) in [5.74, 6) is -0.0571. The molecule has 0 unspecified atom stereocenters. The third-order valence-electron chi connectivity index (χ3n) is 4.42. The van der Waals surface area contributed by atoms with Crippen LogP contribution in [0.5, 0.6) is 6.01 Å². The van der Waals surface area contributed by atoms with Gasteiger partial charge in [-0.25, -0.2) is 18.4 Å². The van der Waals surface area contributed by atoms with Crippen molar-refractivity contribution in [2.45, 2.75) is 18.1 Å². The largest absolute Gasteiger partial charge is 0.463 e. The van der Waals surface area contributed by atoms with Gasteiger partial charge in [-0.05, 0) is 12.5 Å². The van der Waals surface area contributed by atoms with Crippen molar-refractivity contribution < 1.29 is 17.9 Å². The molecule has 1 atom stereocenters. The maximum absolute atomic E-state index is 12.3. The molecule has 21 heavy (non-hydrogen) atoms. The van der Waals surface area contributed by atoms with Crippen molar-refractivity contribution in [1.82, 2.24) is 14.9 Å². The molecule has 7 nitrogen and oxygen atoms in total. The minimum atomic E-state index is -3.18. The monoisotopic (exact) mass is 311 g/mol. The van der Waals surface area contributed by atoms with Gasteiger partial charge in [0, 0.05) is 38.3 Å². The van der Waals surface area contributed by atoms with E-state index in [4.69, 9.17) is 4.74 Å². The molecule has 0 bridgehead atoms. The third-order valence-corrected chi connectivity index (χ3v) is 7.02. The maximum atomic E-state index is 12.3. The summed E-state index contributed by atoms with van der Waals surface area (Å²) >= 11 is 0. The van der Waals surface area contributed by atoms with Gasteiger partial charge in [-0.15, -0.1) is 0 Å². The predicted molar refractivity (Wildman–Crippen MR) is 74.4 cm³/mol. The van der Waals surface area contributed by atoms with Crippen molar-refractivity contribution in [3.8, 4) is 6.01 Å². The van der Waals surface area contributed by atoms with Crippen LogP contribution in [0.15, 0.2) is 18.5 Å². The van der Waals surface area contributed by atoms with Gasteiger partial charge in [0.2, 0.25) is 5.91 Å². The molecule has 2 saturated heterocycles. The summed E-state index contributed by atoms with van der Waals surface area (Å²) in [5, 5.41) is 0. The van der Waals surface area contributed by atoms with Gasteiger partial charge in [-0.1, -0.05) is 0 Å². The molecule has 2 aliphatic rings. The Labute approximate surface area is 123 Å². The van der Waals surface area contributed by atoms with Crippen molar-refractivity contribution in [1.29, 1.82) is 0 Å². The zero-order valence-electron chi connectivity index (χ0n) is 11.7. The van der Waals surface area contributed by atoms with Crippen LogP contribution in [0, 0.1) is 5.92 Å². The molecule has 114 valence electrons. The molecule has 0 aliphatic carbocycles. The smallest absolute Gasteiger partial charge is 0.316 e. The summed E-state index contributed by atoms with van der Waals surface area (Å²) in [4.78, 5) is 20.8. The lowest BCUT2D eigenvalue weighted by Gasteiger charge is -2.49. The van der Waals surface area contributed by atoms with Crippen LogP contribution >= 0.6 is 0 Å². The van der Waals surface area contributed by atoms with Crippen LogP contribution in [0.4, 0.5) is 0 Å². The molecule has 1 aromatic rings. The minimum Gasteiger partial charge on any atom is -0.463 e. The molecule has 3 heterocycles. The summed E-state index contributed by atoms with van der Waals surface area (Å²) in [6.45, 7) is 2.26. The molecule has 0 N–H and O–H groups in total. The standard InChI is InChI=1S/C13H17N3O4S/c1-10(17)16-8-13(9-16)11(3-6-21(13,18)19)7-20-12-14-4-2-5-15-12/h2,4-5,11H,3,6-9H2,1H3/t11-/m1/s1. The van der Waals surface area contributed by atoms with E-state index in [-0.39, 0.29) is 43.3 Å². The summed E-state index contributed by atoms with van der Waals surface area (Å²) in [5.41, 5.74) is 0. The van der Waals surface area contributed by atoms with E-state index in [1.165, 1.54) is 6.92 Å². The lowest BCUT2D eigenvalue weighted by molar-refractivity contribution is -0.135. The van der Waals surface area contributed by atoms with E-state index in [0.717, 1.165) is 0 Å². The first kappa shape index (κ1) is 14.2. The van der Waals surface area contributed by atoms with Crippen LogP contribution in [-0.4, -0.2) is 59.4 Å². The van der Waals surface area contributed by atoms with Crippen LogP contribution < -0.4 is 4.74 Å². The quantitative estimate of drug-likeness (QED) is 0.774. The van der Waals surface area contributed by atoms with Gasteiger partial charge in [0.25, 0.3) is 0 Å². The van der Waals surface area contributed by atoms with Crippen molar-refractivity contribution in [2.24, 2.45) is 5.92 Å². The zero-order chi connectivity index (χ0) is 15.1. The Morgan fingerprint density at radius 1 is 1.43 bits per heavy atom. The number of hydrogen-bond acceptors (Lipinski definition) is 6. The van der Waals surface area contributed by atoms with E-state index in [2.05, 4.69) is 9.97 Å². The molecule has 1 amide bonds. The van der Waals surface area contributed by atoms with Gasteiger partial charge in [-0.3, -0.25) is 4.79 Å². The van der Waals surface area contributed by atoms with E-state index in [1.807, 2.05) is 0 Å². The minimum absolute atomic E-state index is 0.0891. The summed E-state index contributed by atoms with van der Waals surface area (Å²) in [6.07, 6.45) is 3.70. The Morgan fingerprint density at radius 3 is 2.71 bits per heavy atom. The van der Waals surface area contributed by atoms with Crippen LogP contribution in [0.1, 0.15) is 13.3 Å². The number of likely N-dealkylation sites (tertiary alicyclic amines) is 1. The Morgan fingerprint density at radius 2 is 2.10 bits per heavy atom. The lowest BCUT2D eigenvalue weighted by Crippen LogP contribution is -2.68. The number of sulfone groups is 1. The molecular weight excluding hydrogens is 294 g/mol. The first-order valence-electron chi connectivity index (χ1n) is 6.82. The number of ether oxygens (including phenoxy) is 1. The summed E-state index contributed by atoms with van der Waals surface area (Å²) in [7, 11) is -3.18. The van der Waals surface area contributed by atoms with Gasteiger partial charge in [0.15, 0.2) is 9.84 Å². The summed E-state index contributed by atoms with van der Waals surface area (Å²) in [6, 6.07) is 1.94. The molecule has 0 aromatic carbocycles. The molecule has 0 saturated carbocycles. The Kier molecular flexibility index (Phi) is 3.35. The molecule has 1 spiro atoms. The highest BCUT2D eigenvalue weighted by molar-refractivity contribution is 7.93. The lowest BCUT2D eigenvalue weighted by atomic mass is 9.83. The number of carbonyl (C=O) groups excluding carboxylic acids is 1. The van der Waals surface area contributed by atoms with Crippen molar-refractivity contribution >= 4 is 15.7 Å². The highest BCUT2D eigenvalue weighted by atomic mass is 32.2. The average Bonchev–Trinajstić information content (AvgIpc) is 2.66. The fourth-order valence-corrected chi connectivity index (χ4v) is 5.47. The normalized spacial score (nSPS) is 25.6. The first-order chi connectivity index (χ1) is 9.95. The molecule has 8 heteroatoms. The van der Waals surface area contributed by atoms with Crippen LogP contribution in [0.3, 0.4) is 0 Å². The number of amides is 1. The van der Waals surface area contributed by atoms with E-state index in [1.54, 1.807) is 23.4 Å². The molecular formula is C13H17N3O4S. The SMILES string of the molecule is CC(=O)N1CC2(C1)[C@@H](COc1ncccn1)CCS2(=O)=O. The topological polar surface area (TPSA) is 89.5 Å². The van der Waals surface area contributed by atoms with Crippen LogP contribution in [-0.2, 0) is 14.6 Å². The fraction of sp³-hybridized carbons (Fsp3) is 0.615. The van der Waals surface area contributed by atoms with Crippen molar-refractivity contribution in [2.75, 3.05) is 25.4 Å². The van der Waals surface area contributed by atoms with Crippen LogP contribution in [0.2, 0.25) is 0 Å². The number of nitrogens with zero attached hydrogens (tertiary/aromatic N) is 3. The van der Waals surface area contributed by atoms with Gasteiger partial charge < -0.3 is 9.64 Å². The second-order valence-corrected chi connectivity index (χ2v) is 8.04. The highest BCUT2D eigenvalue weighted by Crippen LogP contribution is 2.44.